The van der Waals surface area contributed by atoms with E-state index in [1.807, 2.05) is 26.0 Å². The van der Waals surface area contributed by atoms with E-state index in [2.05, 4.69) is 0 Å². The Hall–Kier alpha value is -2.69. The van der Waals surface area contributed by atoms with Gasteiger partial charge in [0.05, 0.1) is 12.2 Å². The fourth-order valence-electron chi connectivity index (χ4n) is 2.81. The van der Waals surface area contributed by atoms with E-state index in [1.165, 1.54) is 6.08 Å². The minimum atomic E-state index is -0.884. The van der Waals surface area contributed by atoms with Gasteiger partial charge in [-0.2, -0.15) is 0 Å². The maximum absolute atomic E-state index is 13.7. The summed E-state index contributed by atoms with van der Waals surface area (Å²) in [7, 11) is 0. The van der Waals surface area contributed by atoms with Crippen LogP contribution in [0, 0.1) is 11.6 Å². The smallest absolute Gasteiger partial charge is 0.188 e. The molecule has 1 aliphatic rings. The van der Waals surface area contributed by atoms with E-state index in [0.717, 1.165) is 29.9 Å². The summed E-state index contributed by atoms with van der Waals surface area (Å²) in [5.41, 5.74) is 1.55. The zero-order chi connectivity index (χ0) is 18.0. The predicted octanol–water partition coefficient (Wildman–Crippen LogP) is 4.58. The number of fused-ring (bicyclic) bond motifs is 1. The van der Waals surface area contributed by atoms with Crippen molar-refractivity contribution in [2.24, 2.45) is 0 Å². The molecule has 1 heterocycles. The van der Waals surface area contributed by atoms with Crippen molar-refractivity contribution >= 4 is 11.9 Å². The fraction of sp³-hybridized carbons (Fsp3) is 0.250. The number of hydrogen-bond acceptors (Lipinski definition) is 3. The van der Waals surface area contributed by atoms with Gasteiger partial charge in [0.25, 0.3) is 0 Å². The molecule has 0 spiro atoms. The normalized spacial score (nSPS) is 15.9. The van der Waals surface area contributed by atoms with E-state index in [4.69, 9.17) is 9.47 Å². The molecule has 2 aromatic rings. The number of benzene rings is 2. The molecule has 0 saturated carbocycles. The Morgan fingerprint density at radius 2 is 2.12 bits per heavy atom. The SMILES string of the molecule is CCOc1cc2c(cc1C=CC(=O)c1ccc(F)cc1F)OC(C)C2. The molecule has 0 amide bonds. The summed E-state index contributed by atoms with van der Waals surface area (Å²) < 4.78 is 38.0. The summed E-state index contributed by atoms with van der Waals surface area (Å²) in [5, 5.41) is 0. The summed E-state index contributed by atoms with van der Waals surface area (Å²) in [6.07, 6.45) is 3.71. The van der Waals surface area contributed by atoms with Crippen molar-refractivity contribution in [2.75, 3.05) is 6.61 Å². The Morgan fingerprint density at radius 3 is 2.84 bits per heavy atom. The van der Waals surface area contributed by atoms with Gasteiger partial charge in [0.2, 0.25) is 0 Å². The van der Waals surface area contributed by atoms with E-state index >= 15 is 0 Å². The first-order valence-electron chi connectivity index (χ1n) is 8.11. The van der Waals surface area contributed by atoms with Crippen LogP contribution < -0.4 is 9.47 Å². The Kier molecular flexibility index (Phi) is 4.83. The highest BCUT2D eigenvalue weighted by atomic mass is 19.1. The third-order valence-corrected chi connectivity index (χ3v) is 3.94. The molecule has 0 radical (unpaired) electrons. The van der Waals surface area contributed by atoms with Crippen molar-refractivity contribution in [1.82, 2.24) is 0 Å². The number of carbonyl (C=O) groups excluding carboxylic acids is 1. The molecule has 25 heavy (non-hydrogen) atoms. The van der Waals surface area contributed by atoms with E-state index in [9.17, 15) is 13.6 Å². The average molecular weight is 344 g/mol. The van der Waals surface area contributed by atoms with Crippen LogP contribution in [0.5, 0.6) is 11.5 Å². The maximum atomic E-state index is 13.7. The molecule has 3 rings (SSSR count). The van der Waals surface area contributed by atoms with E-state index in [0.29, 0.717) is 24.0 Å². The lowest BCUT2D eigenvalue weighted by molar-refractivity contribution is 0.104. The minimum absolute atomic E-state index is 0.0960. The van der Waals surface area contributed by atoms with Gasteiger partial charge >= 0.3 is 0 Å². The summed E-state index contributed by atoms with van der Waals surface area (Å²) in [4.78, 5) is 12.2. The van der Waals surface area contributed by atoms with Crippen LogP contribution in [0.1, 0.15) is 35.3 Å². The van der Waals surface area contributed by atoms with Gasteiger partial charge in [-0.15, -0.1) is 0 Å². The summed E-state index contributed by atoms with van der Waals surface area (Å²) >= 11 is 0. The molecule has 0 aromatic heterocycles. The number of allylic oxidation sites excluding steroid dienone is 1. The molecule has 2 aromatic carbocycles. The Morgan fingerprint density at radius 1 is 1.32 bits per heavy atom. The third-order valence-electron chi connectivity index (χ3n) is 3.94. The topological polar surface area (TPSA) is 35.5 Å². The molecule has 1 aliphatic heterocycles. The zero-order valence-electron chi connectivity index (χ0n) is 14.0. The van der Waals surface area contributed by atoms with Crippen LogP contribution in [0.25, 0.3) is 6.08 Å². The maximum Gasteiger partial charge on any atom is 0.188 e. The number of ketones is 1. The quantitative estimate of drug-likeness (QED) is 0.588. The third kappa shape index (κ3) is 3.71. The fourth-order valence-corrected chi connectivity index (χ4v) is 2.81. The lowest BCUT2D eigenvalue weighted by Gasteiger charge is -2.10. The Labute approximate surface area is 144 Å². The van der Waals surface area contributed by atoms with Crippen molar-refractivity contribution < 1.29 is 23.0 Å². The Balaban J connectivity index is 1.90. The second-order valence-electron chi connectivity index (χ2n) is 5.89. The molecule has 0 N–H and O–H groups in total. The van der Waals surface area contributed by atoms with Crippen molar-refractivity contribution in [3.05, 3.63) is 64.7 Å². The van der Waals surface area contributed by atoms with Gasteiger partial charge in [-0.25, -0.2) is 8.78 Å². The predicted molar refractivity (Wildman–Crippen MR) is 91.1 cm³/mol. The molecule has 130 valence electrons. The van der Waals surface area contributed by atoms with Crippen LogP contribution in [0.3, 0.4) is 0 Å². The summed E-state index contributed by atoms with van der Waals surface area (Å²) in [5.74, 6) is -0.749. The van der Waals surface area contributed by atoms with Crippen molar-refractivity contribution in [3.63, 3.8) is 0 Å². The molecule has 1 unspecified atom stereocenters. The van der Waals surface area contributed by atoms with Gasteiger partial charge in [-0.1, -0.05) is 0 Å². The van der Waals surface area contributed by atoms with Crippen molar-refractivity contribution in [2.45, 2.75) is 26.4 Å². The lowest BCUT2D eigenvalue weighted by Crippen LogP contribution is -2.05. The molecular weight excluding hydrogens is 326 g/mol. The van der Waals surface area contributed by atoms with Gasteiger partial charge in [-0.3, -0.25) is 4.79 Å². The van der Waals surface area contributed by atoms with Crippen molar-refractivity contribution in [1.29, 1.82) is 0 Å². The van der Waals surface area contributed by atoms with Gasteiger partial charge in [0.1, 0.15) is 29.2 Å². The van der Waals surface area contributed by atoms with Gasteiger partial charge < -0.3 is 9.47 Å². The Bertz CT molecular complexity index is 843. The van der Waals surface area contributed by atoms with E-state index < -0.39 is 17.4 Å². The molecule has 0 aliphatic carbocycles. The first kappa shape index (κ1) is 17.1. The van der Waals surface area contributed by atoms with Crippen molar-refractivity contribution in [3.8, 4) is 11.5 Å². The number of ether oxygens (including phenoxy) is 2. The molecule has 3 nitrogen and oxygen atoms in total. The molecule has 1 atom stereocenters. The second kappa shape index (κ2) is 7.05. The van der Waals surface area contributed by atoms with Crippen LogP contribution in [-0.2, 0) is 6.42 Å². The van der Waals surface area contributed by atoms with Gasteiger partial charge in [0.15, 0.2) is 5.78 Å². The van der Waals surface area contributed by atoms with Crippen LogP contribution >= 0.6 is 0 Å². The molecule has 0 saturated heterocycles. The second-order valence-corrected chi connectivity index (χ2v) is 5.89. The van der Waals surface area contributed by atoms with Gasteiger partial charge in [0, 0.05) is 23.6 Å². The molecule has 0 fully saturated rings. The van der Waals surface area contributed by atoms with Gasteiger partial charge in [-0.05, 0) is 50.3 Å². The lowest BCUT2D eigenvalue weighted by atomic mass is 10.0. The minimum Gasteiger partial charge on any atom is -0.493 e. The van der Waals surface area contributed by atoms with Crippen LogP contribution in [0.15, 0.2) is 36.4 Å². The summed E-state index contributed by atoms with van der Waals surface area (Å²) in [6.45, 7) is 4.34. The molecule has 5 heteroatoms. The zero-order valence-corrected chi connectivity index (χ0v) is 14.0. The number of hydrogen-bond donors (Lipinski definition) is 0. The average Bonchev–Trinajstić information content (AvgIpc) is 2.91. The van der Waals surface area contributed by atoms with Crippen LogP contribution in [0.4, 0.5) is 8.78 Å². The highest BCUT2D eigenvalue weighted by Crippen LogP contribution is 2.35. The highest BCUT2D eigenvalue weighted by Gasteiger charge is 2.21. The van der Waals surface area contributed by atoms with E-state index in [1.54, 1.807) is 6.08 Å². The first-order valence-corrected chi connectivity index (χ1v) is 8.11. The first-order chi connectivity index (χ1) is 12.0. The highest BCUT2D eigenvalue weighted by molar-refractivity contribution is 6.07. The number of halogens is 2. The largest absolute Gasteiger partial charge is 0.493 e. The number of carbonyl (C=O) groups is 1. The molecular formula is C20H18F2O3. The van der Waals surface area contributed by atoms with Crippen LogP contribution in [0.2, 0.25) is 0 Å². The van der Waals surface area contributed by atoms with Crippen LogP contribution in [-0.4, -0.2) is 18.5 Å². The molecule has 0 bridgehead atoms. The summed E-state index contributed by atoms with van der Waals surface area (Å²) in [6, 6.07) is 6.60. The monoisotopic (exact) mass is 344 g/mol. The number of rotatable bonds is 5. The van der Waals surface area contributed by atoms with E-state index in [-0.39, 0.29) is 11.7 Å². The standard InChI is InChI=1S/C20H18F2O3/c1-3-24-19-10-14-8-12(2)25-20(14)9-13(19)4-7-18(23)16-6-5-15(21)11-17(16)22/h4-7,9-12H,3,8H2,1-2H3.